The van der Waals surface area contributed by atoms with Crippen molar-refractivity contribution in [1.29, 1.82) is 0 Å². The van der Waals surface area contributed by atoms with E-state index in [9.17, 15) is 0 Å². The van der Waals surface area contributed by atoms with Gasteiger partial charge in [-0.05, 0) is 49.6 Å². The minimum absolute atomic E-state index is 0.158. The lowest BCUT2D eigenvalue weighted by Crippen LogP contribution is -2.22. The fourth-order valence-corrected chi connectivity index (χ4v) is 2.37. The van der Waals surface area contributed by atoms with Crippen LogP contribution in [-0.4, -0.2) is 16.0 Å². The van der Waals surface area contributed by atoms with Crippen LogP contribution in [0.5, 0.6) is 0 Å². The van der Waals surface area contributed by atoms with Crippen molar-refractivity contribution in [3.63, 3.8) is 0 Å². The quantitative estimate of drug-likeness (QED) is 0.925. The smallest absolute Gasteiger partial charge is 0.159 e. The molecule has 3 nitrogen and oxygen atoms in total. The average Bonchev–Trinajstić information content (AvgIpc) is 2.44. The molecule has 4 heteroatoms. The van der Waals surface area contributed by atoms with Gasteiger partial charge in [0.2, 0.25) is 0 Å². The minimum atomic E-state index is 0.158. The molecule has 1 unspecified atom stereocenters. The topological polar surface area (TPSA) is 51.8 Å². The lowest BCUT2D eigenvalue weighted by atomic mass is 10.1. The van der Waals surface area contributed by atoms with Crippen LogP contribution in [0.2, 0.25) is 0 Å². The van der Waals surface area contributed by atoms with E-state index in [0.717, 1.165) is 34.4 Å². The van der Waals surface area contributed by atoms with Crippen molar-refractivity contribution >= 4 is 15.9 Å². The summed E-state index contributed by atoms with van der Waals surface area (Å²) in [6, 6.07) is 6.31. The number of hydrogen-bond donors (Lipinski definition) is 1. The van der Waals surface area contributed by atoms with E-state index in [-0.39, 0.29) is 6.04 Å². The van der Waals surface area contributed by atoms with Gasteiger partial charge in [0.1, 0.15) is 0 Å². The third-order valence-corrected chi connectivity index (χ3v) is 4.65. The molecule has 2 aromatic rings. The highest BCUT2D eigenvalue weighted by Crippen LogP contribution is 2.26. The Hall–Kier alpha value is -1.26. The Kier molecular flexibility index (Phi) is 4.89. The van der Waals surface area contributed by atoms with Gasteiger partial charge in [-0.1, -0.05) is 22.9 Å². The summed E-state index contributed by atoms with van der Waals surface area (Å²) in [7, 11) is 0. The molecule has 0 radical (unpaired) electrons. The van der Waals surface area contributed by atoms with Crippen LogP contribution < -0.4 is 5.73 Å². The molecule has 1 aromatic carbocycles. The standard InChI is InChI=1S/C16H20BrN3/c1-4-13(18)9-14-5-6-19-16(20-14)12-7-10(2)15(17)11(3)8-12/h5-8,13H,4,9,18H2,1-3H3. The zero-order valence-electron chi connectivity index (χ0n) is 12.2. The Balaban J connectivity index is 2.36. The van der Waals surface area contributed by atoms with Crippen molar-refractivity contribution in [2.24, 2.45) is 5.73 Å². The number of benzene rings is 1. The molecule has 0 saturated heterocycles. The first kappa shape index (κ1) is 15.1. The first-order chi connectivity index (χ1) is 9.51. The van der Waals surface area contributed by atoms with E-state index < -0.39 is 0 Å². The van der Waals surface area contributed by atoms with Crippen LogP contribution in [-0.2, 0) is 6.42 Å². The van der Waals surface area contributed by atoms with Crippen molar-refractivity contribution in [1.82, 2.24) is 9.97 Å². The Bertz CT molecular complexity index is 587. The monoisotopic (exact) mass is 333 g/mol. The van der Waals surface area contributed by atoms with Crippen LogP contribution >= 0.6 is 15.9 Å². The van der Waals surface area contributed by atoms with E-state index >= 15 is 0 Å². The summed E-state index contributed by atoms with van der Waals surface area (Å²) in [6.45, 7) is 6.25. The van der Waals surface area contributed by atoms with E-state index in [2.05, 4.69) is 58.8 Å². The van der Waals surface area contributed by atoms with Gasteiger partial charge < -0.3 is 5.73 Å². The first-order valence-electron chi connectivity index (χ1n) is 6.86. The number of halogens is 1. The number of nitrogens with zero attached hydrogens (tertiary/aromatic N) is 2. The summed E-state index contributed by atoms with van der Waals surface area (Å²) in [5.74, 6) is 0.768. The van der Waals surface area contributed by atoms with E-state index in [1.165, 1.54) is 11.1 Å². The van der Waals surface area contributed by atoms with Gasteiger partial charge in [0.15, 0.2) is 5.82 Å². The summed E-state index contributed by atoms with van der Waals surface area (Å²) >= 11 is 3.59. The lowest BCUT2D eigenvalue weighted by molar-refractivity contribution is 0.636. The molecule has 0 spiro atoms. The third kappa shape index (κ3) is 3.44. The molecule has 0 fully saturated rings. The molecule has 0 bridgehead atoms. The number of aryl methyl sites for hydroxylation is 2. The number of nitrogens with two attached hydrogens (primary N) is 1. The van der Waals surface area contributed by atoms with E-state index in [1.807, 2.05) is 12.3 Å². The highest BCUT2D eigenvalue weighted by atomic mass is 79.9. The zero-order valence-corrected chi connectivity index (χ0v) is 13.7. The predicted octanol–water partition coefficient (Wildman–Crippen LogP) is 3.80. The molecule has 2 rings (SSSR count). The number of rotatable bonds is 4. The molecule has 0 saturated carbocycles. The zero-order chi connectivity index (χ0) is 14.7. The van der Waals surface area contributed by atoms with Crippen LogP contribution in [0.25, 0.3) is 11.4 Å². The van der Waals surface area contributed by atoms with Crippen LogP contribution in [0.4, 0.5) is 0 Å². The van der Waals surface area contributed by atoms with Crippen molar-refractivity contribution < 1.29 is 0 Å². The van der Waals surface area contributed by atoms with Crippen LogP contribution in [0.3, 0.4) is 0 Å². The first-order valence-corrected chi connectivity index (χ1v) is 7.65. The van der Waals surface area contributed by atoms with Gasteiger partial charge in [0.05, 0.1) is 0 Å². The maximum Gasteiger partial charge on any atom is 0.159 e. The Morgan fingerprint density at radius 1 is 1.25 bits per heavy atom. The van der Waals surface area contributed by atoms with E-state index in [1.54, 1.807) is 0 Å². The largest absolute Gasteiger partial charge is 0.327 e. The Labute approximate surface area is 128 Å². The van der Waals surface area contributed by atoms with E-state index in [0.29, 0.717) is 0 Å². The summed E-state index contributed by atoms with van der Waals surface area (Å²) in [5.41, 5.74) is 10.4. The summed E-state index contributed by atoms with van der Waals surface area (Å²) < 4.78 is 1.14. The second kappa shape index (κ2) is 6.46. The third-order valence-electron chi connectivity index (χ3n) is 3.40. The molecule has 2 N–H and O–H groups in total. The summed E-state index contributed by atoms with van der Waals surface area (Å²) in [6.07, 6.45) is 3.56. The molecular weight excluding hydrogens is 314 g/mol. The molecule has 0 aliphatic rings. The average molecular weight is 334 g/mol. The molecule has 1 atom stereocenters. The Morgan fingerprint density at radius 2 is 1.90 bits per heavy atom. The fourth-order valence-electron chi connectivity index (χ4n) is 2.14. The highest BCUT2D eigenvalue weighted by Gasteiger charge is 2.09. The van der Waals surface area contributed by atoms with Gasteiger partial charge in [0, 0.05) is 34.4 Å². The van der Waals surface area contributed by atoms with Crippen molar-refractivity contribution in [3.05, 3.63) is 45.7 Å². The minimum Gasteiger partial charge on any atom is -0.327 e. The Morgan fingerprint density at radius 3 is 2.50 bits per heavy atom. The van der Waals surface area contributed by atoms with Gasteiger partial charge in [0.25, 0.3) is 0 Å². The van der Waals surface area contributed by atoms with Gasteiger partial charge in [-0.2, -0.15) is 0 Å². The van der Waals surface area contributed by atoms with Crippen molar-refractivity contribution in [2.75, 3.05) is 0 Å². The highest BCUT2D eigenvalue weighted by molar-refractivity contribution is 9.10. The molecule has 1 aromatic heterocycles. The molecule has 20 heavy (non-hydrogen) atoms. The maximum absolute atomic E-state index is 6.00. The molecule has 0 amide bonds. The van der Waals surface area contributed by atoms with Gasteiger partial charge in [-0.3, -0.25) is 0 Å². The second-order valence-electron chi connectivity index (χ2n) is 5.17. The van der Waals surface area contributed by atoms with Gasteiger partial charge in [-0.15, -0.1) is 0 Å². The molecule has 106 valence electrons. The fraction of sp³-hybridized carbons (Fsp3) is 0.375. The number of hydrogen-bond acceptors (Lipinski definition) is 3. The lowest BCUT2D eigenvalue weighted by Gasteiger charge is -2.10. The molecule has 0 aliphatic heterocycles. The predicted molar refractivity (Wildman–Crippen MR) is 86.6 cm³/mol. The number of aromatic nitrogens is 2. The normalized spacial score (nSPS) is 12.4. The second-order valence-corrected chi connectivity index (χ2v) is 5.96. The van der Waals surface area contributed by atoms with Gasteiger partial charge >= 0.3 is 0 Å². The van der Waals surface area contributed by atoms with Crippen LogP contribution in [0, 0.1) is 13.8 Å². The molecule has 1 heterocycles. The summed E-state index contributed by atoms with van der Waals surface area (Å²) in [4.78, 5) is 9.02. The SMILES string of the molecule is CCC(N)Cc1ccnc(-c2cc(C)c(Br)c(C)c2)n1. The molecule has 0 aliphatic carbocycles. The van der Waals surface area contributed by atoms with Crippen molar-refractivity contribution in [3.8, 4) is 11.4 Å². The van der Waals surface area contributed by atoms with Crippen molar-refractivity contribution in [2.45, 2.75) is 39.7 Å². The van der Waals surface area contributed by atoms with E-state index in [4.69, 9.17) is 5.73 Å². The summed E-state index contributed by atoms with van der Waals surface area (Å²) in [5, 5.41) is 0. The molecular formula is C16H20BrN3. The maximum atomic E-state index is 6.00. The van der Waals surface area contributed by atoms with Crippen LogP contribution in [0.15, 0.2) is 28.9 Å². The van der Waals surface area contributed by atoms with Gasteiger partial charge in [-0.25, -0.2) is 9.97 Å². The van der Waals surface area contributed by atoms with Crippen LogP contribution in [0.1, 0.15) is 30.2 Å².